The highest BCUT2D eigenvalue weighted by Gasteiger charge is 2.77. The number of carbonyl (C=O) groups excluding carboxylic acids is 4. The van der Waals surface area contributed by atoms with Crippen LogP contribution in [0, 0.1) is 23.6 Å². The number of imide groups is 2. The lowest BCUT2D eigenvalue weighted by Gasteiger charge is -2.50. The van der Waals surface area contributed by atoms with Gasteiger partial charge in [0.05, 0.1) is 24.6 Å². The first-order valence-electron chi connectivity index (χ1n) is 15.2. The first kappa shape index (κ1) is 32.6. The molecule has 3 fully saturated rings. The summed E-state index contributed by atoms with van der Waals surface area (Å²) in [7, 11) is 1.36. The molecule has 48 heavy (non-hydrogen) atoms. The van der Waals surface area contributed by atoms with Crippen molar-refractivity contribution in [3.8, 4) is 17.2 Å². The van der Waals surface area contributed by atoms with E-state index in [1.54, 1.807) is 24.3 Å². The Labute approximate surface area is 293 Å². The van der Waals surface area contributed by atoms with Crippen LogP contribution in [0.5, 0.6) is 17.2 Å². The van der Waals surface area contributed by atoms with E-state index in [0.29, 0.717) is 16.5 Å². The number of benzene rings is 3. The van der Waals surface area contributed by atoms with E-state index in [1.807, 2.05) is 0 Å². The summed E-state index contributed by atoms with van der Waals surface area (Å²) in [6.07, 6.45) is 2.04. The van der Waals surface area contributed by atoms with Gasteiger partial charge in [-0.05, 0) is 79.3 Å². The fraction of sp³-hybridized carbons (Fsp3) is 0.314. The molecular weight excluding hydrogens is 730 g/mol. The van der Waals surface area contributed by atoms with Gasteiger partial charge in [0.1, 0.15) is 11.6 Å². The Bertz CT molecular complexity index is 1920. The van der Waals surface area contributed by atoms with Crippen molar-refractivity contribution in [2.24, 2.45) is 17.8 Å². The normalized spacial score (nSPS) is 29.5. The van der Waals surface area contributed by atoms with Gasteiger partial charge in [-0.3, -0.25) is 24.1 Å². The Kier molecular flexibility index (Phi) is 7.88. The first-order valence-corrected chi connectivity index (χ1v) is 16.8. The van der Waals surface area contributed by atoms with Crippen LogP contribution in [0.3, 0.4) is 0 Å². The fourth-order valence-electron chi connectivity index (χ4n) is 7.90. The van der Waals surface area contributed by atoms with Gasteiger partial charge in [0.25, 0.3) is 11.8 Å². The second-order valence-corrected chi connectivity index (χ2v) is 14.7. The molecule has 2 aliphatic heterocycles. The van der Waals surface area contributed by atoms with Crippen LogP contribution in [0.2, 0.25) is 0 Å². The molecule has 2 heterocycles. The van der Waals surface area contributed by atoms with Gasteiger partial charge in [-0.15, -0.1) is 23.2 Å². The Hall–Kier alpha value is -3.93. The van der Waals surface area contributed by atoms with Gasteiger partial charge < -0.3 is 14.9 Å². The molecule has 7 rings (SSSR count). The van der Waals surface area contributed by atoms with Crippen LogP contribution in [0.15, 0.2) is 76.8 Å². The van der Waals surface area contributed by atoms with E-state index in [2.05, 4.69) is 15.9 Å². The highest BCUT2D eigenvalue weighted by atomic mass is 79.9. The van der Waals surface area contributed by atoms with Crippen LogP contribution >= 0.6 is 39.1 Å². The van der Waals surface area contributed by atoms with Gasteiger partial charge in [0.15, 0.2) is 21.2 Å². The van der Waals surface area contributed by atoms with E-state index in [4.69, 9.17) is 27.9 Å². The molecule has 9 nitrogen and oxygen atoms in total. The van der Waals surface area contributed by atoms with E-state index < -0.39 is 57.0 Å². The lowest BCUT2D eigenvalue weighted by Crippen LogP contribution is -2.60. The van der Waals surface area contributed by atoms with Crippen molar-refractivity contribution in [2.45, 2.75) is 34.9 Å². The number of likely N-dealkylation sites (tertiary alicyclic amines) is 1. The molecular formula is C35H28BrCl2FN2O7. The summed E-state index contributed by atoms with van der Waals surface area (Å²) in [5.41, 5.74) is 1.51. The number of fused-ring (bicyclic) bond motifs is 4. The lowest BCUT2D eigenvalue weighted by molar-refractivity contribution is -0.140. The van der Waals surface area contributed by atoms with Crippen molar-refractivity contribution in [3.63, 3.8) is 0 Å². The molecule has 3 aromatic rings. The van der Waals surface area contributed by atoms with Crippen molar-refractivity contribution in [2.75, 3.05) is 18.6 Å². The molecule has 13 heteroatoms. The molecule has 0 bridgehead atoms. The van der Waals surface area contributed by atoms with E-state index in [0.717, 1.165) is 22.6 Å². The number of methoxy groups -OCH3 is 1. The molecule has 0 radical (unpaired) electrons. The number of aromatic hydroxyl groups is 2. The molecule has 3 aromatic carbocycles. The number of anilines is 1. The quantitative estimate of drug-likeness (QED) is 0.185. The summed E-state index contributed by atoms with van der Waals surface area (Å²) in [4.78, 5) is 54.5. The number of alkyl halides is 2. The number of carbonyl (C=O) groups is 4. The largest absolute Gasteiger partial charge is 0.508 e. The molecule has 6 atom stereocenters. The van der Waals surface area contributed by atoms with Gasteiger partial charge in [-0.2, -0.15) is 0 Å². The minimum Gasteiger partial charge on any atom is -0.508 e. The number of amides is 4. The predicted molar refractivity (Wildman–Crippen MR) is 177 cm³/mol. The third-order valence-electron chi connectivity index (χ3n) is 10.1. The average Bonchev–Trinajstić information content (AvgIpc) is 3.39. The van der Waals surface area contributed by atoms with E-state index in [1.165, 1.54) is 42.3 Å². The number of rotatable bonds is 6. The van der Waals surface area contributed by atoms with Crippen LogP contribution in [0.4, 0.5) is 10.1 Å². The second-order valence-electron chi connectivity index (χ2n) is 12.5. The third-order valence-corrected chi connectivity index (χ3v) is 12.0. The average molecular weight is 758 g/mol. The zero-order valence-corrected chi connectivity index (χ0v) is 28.4. The summed E-state index contributed by atoms with van der Waals surface area (Å²) in [5, 5.41) is 21.1. The molecule has 0 spiro atoms. The van der Waals surface area contributed by atoms with Crippen LogP contribution in [-0.2, 0) is 25.6 Å². The maximum Gasteiger partial charge on any atom is 0.258 e. The zero-order chi connectivity index (χ0) is 34.3. The maximum atomic E-state index is 14.5. The maximum absolute atomic E-state index is 14.5. The van der Waals surface area contributed by atoms with Crippen molar-refractivity contribution in [1.29, 1.82) is 0 Å². The van der Waals surface area contributed by atoms with Crippen LogP contribution in [-0.4, -0.2) is 62.1 Å². The summed E-state index contributed by atoms with van der Waals surface area (Å²) < 4.78 is 19.8. The van der Waals surface area contributed by atoms with Crippen molar-refractivity contribution in [3.05, 3.63) is 93.7 Å². The third kappa shape index (κ3) is 4.61. The fourth-order valence-corrected chi connectivity index (χ4v) is 9.28. The van der Waals surface area contributed by atoms with E-state index in [9.17, 15) is 33.8 Å². The molecule has 2 N–H and O–H groups in total. The number of hydrogen-bond donors (Lipinski definition) is 2. The molecule has 4 aliphatic rings. The van der Waals surface area contributed by atoms with Crippen LogP contribution < -0.4 is 9.64 Å². The number of allylic oxidation sites excluding steroid dienone is 2. The van der Waals surface area contributed by atoms with E-state index >= 15 is 0 Å². The molecule has 1 saturated carbocycles. The van der Waals surface area contributed by atoms with Gasteiger partial charge >= 0.3 is 0 Å². The van der Waals surface area contributed by atoms with Crippen molar-refractivity contribution < 1.29 is 38.5 Å². The first-order chi connectivity index (χ1) is 22.8. The number of phenolic OH excluding ortho intramolecular Hbond substituents is 2. The molecule has 2 saturated heterocycles. The smallest absolute Gasteiger partial charge is 0.258 e. The minimum atomic E-state index is -2.21. The predicted octanol–water partition coefficient (Wildman–Crippen LogP) is 5.81. The molecule has 0 aromatic heterocycles. The summed E-state index contributed by atoms with van der Waals surface area (Å²) >= 11 is 18.2. The van der Waals surface area contributed by atoms with Gasteiger partial charge in [-0.25, -0.2) is 9.29 Å². The molecule has 248 valence electrons. The van der Waals surface area contributed by atoms with Gasteiger partial charge in [-0.1, -0.05) is 39.7 Å². The standard InChI is InChI=1S/C35H28BrCl2FN2O7/c1-48-26-15-18(36)14-24(29(26)43)28-22-10-11-23-27(31(45)40(30(23)44)13-12-17-2-8-21(42)9-3-17)25(22)16-34(37)32(46)41(33(47)35(28,34)38)20-6-4-19(39)5-7-20/h2-10,14-15,23,25,27-28,42-43H,11-13,16H2,1H3. The monoisotopic (exact) mass is 756 g/mol. The summed E-state index contributed by atoms with van der Waals surface area (Å²) in [5.74, 6) is -6.94. The second kappa shape index (κ2) is 11.6. The molecule has 2 aliphatic carbocycles. The Balaban J connectivity index is 1.35. The Morgan fingerprint density at radius 1 is 0.958 bits per heavy atom. The van der Waals surface area contributed by atoms with Gasteiger partial charge in [0, 0.05) is 22.5 Å². The minimum absolute atomic E-state index is 0.0537. The van der Waals surface area contributed by atoms with Crippen LogP contribution in [0.25, 0.3) is 0 Å². The SMILES string of the molecule is COc1cc(Br)cc(C2C3=CCC4C(=O)N(CCc5ccc(O)cc5)C(=O)C4C3CC3(Cl)C(=O)N(c4ccc(F)cc4)C(=O)C23Cl)c1O. The van der Waals surface area contributed by atoms with Gasteiger partial charge in [0.2, 0.25) is 11.8 Å². The molecule has 6 unspecified atom stereocenters. The van der Waals surface area contributed by atoms with E-state index in [-0.39, 0.29) is 53.8 Å². The van der Waals surface area contributed by atoms with Crippen molar-refractivity contribution >= 4 is 68.4 Å². The number of hydrogen-bond acceptors (Lipinski definition) is 7. The lowest BCUT2D eigenvalue weighted by atomic mass is 9.56. The number of nitrogens with zero attached hydrogens (tertiary/aromatic N) is 2. The Morgan fingerprint density at radius 2 is 1.65 bits per heavy atom. The number of halogens is 4. The van der Waals surface area contributed by atoms with Crippen LogP contribution in [0.1, 0.15) is 29.9 Å². The highest BCUT2D eigenvalue weighted by Crippen LogP contribution is 2.67. The Morgan fingerprint density at radius 3 is 2.31 bits per heavy atom. The zero-order valence-electron chi connectivity index (χ0n) is 25.3. The number of ether oxygens (including phenoxy) is 1. The molecule has 4 amide bonds. The summed E-state index contributed by atoms with van der Waals surface area (Å²) in [6.45, 7) is 0.103. The topological polar surface area (TPSA) is 124 Å². The number of phenols is 2. The summed E-state index contributed by atoms with van der Waals surface area (Å²) in [6, 6.07) is 14.3. The van der Waals surface area contributed by atoms with Crippen molar-refractivity contribution in [1.82, 2.24) is 4.90 Å². The highest BCUT2D eigenvalue weighted by molar-refractivity contribution is 9.10.